The summed E-state index contributed by atoms with van der Waals surface area (Å²) in [6, 6.07) is 6.00. The van der Waals surface area contributed by atoms with Gasteiger partial charge in [-0.3, -0.25) is 4.98 Å². The van der Waals surface area contributed by atoms with Crippen molar-refractivity contribution in [2.75, 3.05) is 18.4 Å². The van der Waals surface area contributed by atoms with Gasteiger partial charge in [0.2, 0.25) is 0 Å². The van der Waals surface area contributed by atoms with Crippen LogP contribution in [0.2, 0.25) is 0 Å². The van der Waals surface area contributed by atoms with Crippen molar-refractivity contribution in [2.24, 2.45) is 0 Å². The van der Waals surface area contributed by atoms with E-state index in [-0.39, 0.29) is 0 Å². The van der Waals surface area contributed by atoms with Crippen LogP contribution >= 0.6 is 0 Å². The number of nitrogens with zero attached hydrogens (tertiary/aromatic N) is 3. The van der Waals surface area contributed by atoms with E-state index in [1.54, 1.807) is 0 Å². The highest BCUT2D eigenvalue weighted by Gasteiger charge is 2.16. The van der Waals surface area contributed by atoms with Crippen molar-refractivity contribution < 1.29 is 0 Å². The zero-order chi connectivity index (χ0) is 13.8. The average Bonchev–Trinajstić information content (AvgIpc) is 2.48. The van der Waals surface area contributed by atoms with Gasteiger partial charge in [-0.25, -0.2) is 9.97 Å². The normalized spacial score (nSPS) is 13.8. The summed E-state index contributed by atoms with van der Waals surface area (Å²) in [4.78, 5) is 13.4. The molecular weight excluding hydrogens is 250 g/mol. The van der Waals surface area contributed by atoms with Gasteiger partial charge in [0.15, 0.2) is 0 Å². The van der Waals surface area contributed by atoms with Crippen LogP contribution in [0.4, 0.5) is 5.82 Å². The van der Waals surface area contributed by atoms with E-state index in [9.17, 15) is 0 Å². The van der Waals surface area contributed by atoms with Crippen LogP contribution in [0.25, 0.3) is 0 Å². The van der Waals surface area contributed by atoms with Gasteiger partial charge in [0.1, 0.15) is 11.6 Å². The van der Waals surface area contributed by atoms with Crippen molar-refractivity contribution in [1.29, 1.82) is 0 Å². The Bertz CT molecular complexity index is 582. The number of aromatic nitrogens is 3. The molecule has 0 radical (unpaired) electrons. The number of anilines is 1. The van der Waals surface area contributed by atoms with E-state index in [4.69, 9.17) is 0 Å². The van der Waals surface area contributed by atoms with Crippen LogP contribution in [0.5, 0.6) is 0 Å². The molecule has 0 unspecified atom stereocenters. The molecule has 0 saturated carbocycles. The number of aryl methyl sites for hydroxylation is 1. The Balaban J connectivity index is 1.69. The molecule has 1 aliphatic rings. The van der Waals surface area contributed by atoms with E-state index >= 15 is 0 Å². The van der Waals surface area contributed by atoms with Crippen molar-refractivity contribution in [3.63, 3.8) is 0 Å². The van der Waals surface area contributed by atoms with E-state index in [0.717, 1.165) is 49.8 Å². The fraction of sp³-hybridized carbons (Fsp3) is 0.400. The summed E-state index contributed by atoms with van der Waals surface area (Å²) < 4.78 is 0. The molecule has 1 aliphatic heterocycles. The molecule has 0 saturated heterocycles. The zero-order valence-corrected chi connectivity index (χ0v) is 11.7. The van der Waals surface area contributed by atoms with Crippen molar-refractivity contribution in [2.45, 2.75) is 26.3 Å². The Kier molecular flexibility index (Phi) is 3.87. The number of rotatable bonds is 4. The van der Waals surface area contributed by atoms with Crippen LogP contribution in [0.15, 0.2) is 24.4 Å². The van der Waals surface area contributed by atoms with Gasteiger partial charge >= 0.3 is 0 Å². The number of hydrogen-bond acceptors (Lipinski definition) is 5. The van der Waals surface area contributed by atoms with Crippen LogP contribution in [0.3, 0.4) is 0 Å². The first-order valence-corrected chi connectivity index (χ1v) is 7.04. The summed E-state index contributed by atoms with van der Waals surface area (Å²) in [6.45, 7) is 4.63. The summed E-state index contributed by atoms with van der Waals surface area (Å²) in [5.41, 5.74) is 3.48. The van der Waals surface area contributed by atoms with Crippen molar-refractivity contribution in [1.82, 2.24) is 20.3 Å². The third kappa shape index (κ3) is 2.93. The fourth-order valence-corrected chi connectivity index (χ4v) is 2.47. The standard InChI is InChI=1S/C15H19N5/c1-11-19-14-6-8-16-10-13(14)15(20-11)18-9-5-12-4-2-3-7-17-12/h2-4,7,16H,5-6,8-10H2,1H3,(H,18,19,20). The van der Waals surface area contributed by atoms with Crippen molar-refractivity contribution >= 4 is 5.82 Å². The molecule has 0 atom stereocenters. The minimum Gasteiger partial charge on any atom is -0.369 e. The molecule has 0 aliphatic carbocycles. The first kappa shape index (κ1) is 13.0. The SMILES string of the molecule is Cc1nc2c(c(NCCc3ccccn3)n1)CNCC2. The van der Waals surface area contributed by atoms with Crippen LogP contribution in [0, 0.1) is 6.92 Å². The smallest absolute Gasteiger partial charge is 0.134 e. The summed E-state index contributed by atoms with van der Waals surface area (Å²) in [5.74, 6) is 1.81. The lowest BCUT2D eigenvalue weighted by molar-refractivity contribution is 0.624. The van der Waals surface area contributed by atoms with E-state index in [2.05, 4.69) is 25.6 Å². The molecule has 0 fully saturated rings. The molecule has 20 heavy (non-hydrogen) atoms. The second-order valence-electron chi connectivity index (χ2n) is 4.97. The number of nitrogens with one attached hydrogen (secondary N) is 2. The lowest BCUT2D eigenvalue weighted by Gasteiger charge is -2.20. The van der Waals surface area contributed by atoms with Gasteiger partial charge in [-0.15, -0.1) is 0 Å². The molecule has 0 bridgehead atoms. The van der Waals surface area contributed by atoms with Gasteiger partial charge in [-0.05, 0) is 19.1 Å². The number of pyridine rings is 1. The average molecular weight is 269 g/mol. The van der Waals surface area contributed by atoms with Crippen LogP contribution < -0.4 is 10.6 Å². The second-order valence-corrected chi connectivity index (χ2v) is 4.97. The molecule has 0 aromatic carbocycles. The van der Waals surface area contributed by atoms with Crippen LogP contribution in [-0.2, 0) is 19.4 Å². The topological polar surface area (TPSA) is 62.7 Å². The summed E-state index contributed by atoms with van der Waals surface area (Å²) >= 11 is 0. The molecule has 5 nitrogen and oxygen atoms in total. The first-order chi connectivity index (χ1) is 9.83. The highest BCUT2D eigenvalue weighted by molar-refractivity contribution is 5.47. The minimum atomic E-state index is 0.833. The Labute approximate surface area is 118 Å². The minimum absolute atomic E-state index is 0.833. The molecule has 2 N–H and O–H groups in total. The second kappa shape index (κ2) is 5.96. The van der Waals surface area contributed by atoms with Gasteiger partial charge in [0.05, 0.1) is 5.69 Å². The van der Waals surface area contributed by atoms with E-state index in [1.807, 2.05) is 31.3 Å². The molecule has 2 aromatic heterocycles. The highest BCUT2D eigenvalue weighted by Crippen LogP contribution is 2.19. The predicted molar refractivity (Wildman–Crippen MR) is 78.6 cm³/mol. The maximum Gasteiger partial charge on any atom is 0.134 e. The van der Waals surface area contributed by atoms with Crippen molar-refractivity contribution in [3.05, 3.63) is 47.2 Å². The summed E-state index contributed by atoms with van der Waals surface area (Å²) in [7, 11) is 0. The quantitative estimate of drug-likeness (QED) is 0.880. The zero-order valence-electron chi connectivity index (χ0n) is 11.7. The lowest BCUT2D eigenvalue weighted by Crippen LogP contribution is -2.27. The van der Waals surface area contributed by atoms with Gasteiger partial charge in [-0.1, -0.05) is 6.07 Å². The number of fused-ring (bicyclic) bond motifs is 1. The van der Waals surface area contributed by atoms with Crippen LogP contribution in [-0.4, -0.2) is 28.0 Å². The maximum absolute atomic E-state index is 4.54. The van der Waals surface area contributed by atoms with Crippen LogP contribution in [0.1, 0.15) is 22.8 Å². The molecule has 3 heterocycles. The summed E-state index contributed by atoms with van der Waals surface area (Å²) in [6.07, 6.45) is 3.70. The Morgan fingerprint density at radius 2 is 2.25 bits per heavy atom. The fourth-order valence-electron chi connectivity index (χ4n) is 2.47. The van der Waals surface area contributed by atoms with Gasteiger partial charge in [0.25, 0.3) is 0 Å². The molecule has 2 aromatic rings. The van der Waals surface area contributed by atoms with Gasteiger partial charge in [0, 0.05) is 49.9 Å². The lowest BCUT2D eigenvalue weighted by atomic mass is 10.1. The predicted octanol–water partition coefficient (Wildman–Crippen LogP) is 1.48. The Morgan fingerprint density at radius 3 is 3.10 bits per heavy atom. The molecule has 0 spiro atoms. The molecule has 5 heteroatoms. The van der Waals surface area contributed by atoms with Crippen molar-refractivity contribution in [3.8, 4) is 0 Å². The largest absolute Gasteiger partial charge is 0.369 e. The molecule has 3 rings (SSSR count). The third-order valence-electron chi connectivity index (χ3n) is 3.44. The number of hydrogen-bond donors (Lipinski definition) is 2. The van der Waals surface area contributed by atoms with Gasteiger partial charge < -0.3 is 10.6 Å². The Hall–Kier alpha value is -2.01. The molecule has 104 valence electrons. The summed E-state index contributed by atoms with van der Waals surface area (Å²) in [5, 5.41) is 6.81. The molecular formula is C15H19N5. The Morgan fingerprint density at radius 1 is 1.30 bits per heavy atom. The van der Waals surface area contributed by atoms with Gasteiger partial charge in [-0.2, -0.15) is 0 Å². The first-order valence-electron chi connectivity index (χ1n) is 7.04. The monoisotopic (exact) mass is 269 g/mol. The van der Waals surface area contributed by atoms with E-state index in [0.29, 0.717) is 0 Å². The van der Waals surface area contributed by atoms with E-state index in [1.165, 1.54) is 11.3 Å². The third-order valence-corrected chi connectivity index (χ3v) is 3.44. The molecule has 0 amide bonds. The van der Waals surface area contributed by atoms with E-state index < -0.39 is 0 Å². The maximum atomic E-state index is 4.54. The highest BCUT2D eigenvalue weighted by atomic mass is 15.1.